The summed E-state index contributed by atoms with van der Waals surface area (Å²) in [5.74, 6) is 0.465. The Kier molecular flexibility index (Phi) is 4.15. The molecule has 108 valence electrons. The van der Waals surface area contributed by atoms with Gasteiger partial charge in [-0.3, -0.25) is 9.36 Å². The van der Waals surface area contributed by atoms with E-state index in [9.17, 15) is 13.2 Å². The van der Waals surface area contributed by atoms with Crippen LogP contribution in [0.2, 0.25) is 0 Å². The molecule has 2 aromatic rings. The second-order valence-corrected chi connectivity index (χ2v) is 7.61. The van der Waals surface area contributed by atoms with Crippen molar-refractivity contribution in [3.63, 3.8) is 0 Å². The van der Waals surface area contributed by atoms with Gasteiger partial charge in [0.25, 0.3) is 14.6 Å². The quantitative estimate of drug-likeness (QED) is 0.812. The fraction of sp³-hybridized carbons (Fsp3) is 0.385. The lowest BCUT2D eigenvalue weighted by Gasteiger charge is -2.08. The zero-order valence-corrected chi connectivity index (χ0v) is 12.8. The van der Waals surface area contributed by atoms with Crippen LogP contribution in [0, 0.1) is 5.92 Å². The van der Waals surface area contributed by atoms with Crippen LogP contribution >= 0.6 is 10.7 Å². The van der Waals surface area contributed by atoms with Crippen LogP contribution in [0.25, 0.3) is 10.9 Å². The highest BCUT2D eigenvalue weighted by Crippen LogP contribution is 2.18. The monoisotopic (exact) mass is 314 g/mol. The number of nitrogens with zero attached hydrogens (tertiary/aromatic N) is 2. The molecule has 1 aromatic carbocycles. The Morgan fingerprint density at radius 3 is 2.65 bits per heavy atom. The molecule has 0 spiro atoms. The zero-order chi connectivity index (χ0) is 14.9. The fourth-order valence-electron chi connectivity index (χ4n) is 1.85. The highest BCUT2D eigenvalue weighted by atomic mass is 35.7. The van der Waals surface area contributed by atoms with E-state index < -0.39 is 9.05 Å². The normalized spacial score (nSPS) is 12.2. The first-order valence-electron chi connectivity index (χ1n) is 6.23. The summed E-state index contributed by atoms with van der Waals surface area (Å²) in [6, 6.07) is 4.10. The average Bonchev–Trinajstić information content (AvgIpc) is 2.36. The van der Waals surface area contributed by atoms with Crippen molar-refractivity contribution >= 4 is 30.6 Å². The van der Waals surface area contributed by atoms with Gasteiger partial charge in [-0.2, -0.15) is 0 Å². The van der Waals surface area contributed by atoms with Crippen LogP contribution in [0.1, 0.15) is 20.3 Å². The van der Waals surface area contributed by atoms with E-state index in [-0.39, 0.29) is 15.8 Å². The number of fused-ring (bicyclic) bond motifs is 1. The second kappa shape index (κ2) is 5.54. The van der Waals surface area contributed by atoms with Gasteiger partial charge in [0.05, 0.1) is 22.1 Å². The Balaban J connectivity index is 2.56. The Bertz CT molecular complexity index is 797. The molecule has 1 heterocycles. The van der Waals surface area contributed by atoms with E-state index in [2.05, 4.69) is 18.8 Å². The molecule has 0 aliphatic rings. The molecule has 0 atom stereocenters. The number of hydrogen-bond acceptors (Lipinski definition) is 4. The molecule has 0 aliphatic heterocycles. The molecule has 20 heavy (non-hydrogen) atoms. The summed E-state index contributed by atoms with van der Waals surface area (Å²) < 4.78 is 24.1. The van der Waals surface area contributed by atoms with Crippen molar-refractivity contribution in [2.45, 2.75) is 31.7 Å². The van der Waals surface area contributed by atoms with Crippen LogP contribution in [-0.2, 0) is 15.6 Å². The molecule has 0 unspecified atom stereocenters. The topological polar surface area (TPSA) is 69.0 Å². The molecule has 0 amide bonds. The van der Waals surface area contributed by atoms with Gasteiger partial charge in [-0.25, -0.2) is 13.4 Å². The number of rotatable bonds is 4. The predicted octanol–water partition coefficient (Wildman–Crippen LogP) is 2.37. The predicted molar refractivity (Wildman–Crippen MR) is 78.5 cm³/mol. The third kappa shape index (κ3) is 3.19. The van der Waals surface area contributed by atoms with E-state index >= 15 is 0 Å². The smallest absolute Gasteiger partial charge is 0.261 e. The molecule has 7 heteroatoms. The number of aromatic nitrogens is 2. The van der Waals surface area contributed by atoms with E-state index in [0.717, 1.165) is 6.42 Å². The summed E-state index contributed by atoms with van der Waals surface area (Å²) in [6.45, 7) is 4.69. The maximum absolute atomic E-state index is 12.3. The van der Waals surface area contributed by atoms with E-state index in [4.69, 9.17) is 10.7 Å². The first kappa shape index (κ1) is 15.0. The lowest BCUT2D eigenvalue weighted by atomic mass is 10.1. The molecule has 2 rings (SSSR count). The highest BCUT2D eigenvalue weighted by Gasteiger charge is 2.13. The molecular weight excluding hydrogens is 300 g/mol. The van der Waals surface area contributed by atoms with Crippen LogP contribution in [0.5, 0.6) is 0 Å². The Hall–Kier alpha value is -1.40. The van der Waals surface area contributed by atoms with Crippen molar-refractivity contribution in [2.75, 3.05) is 0 Å². The first-order valence-corrected chi connectivity index (χ1v) is 8.54. The van der Waals surface area contributed by atoms with Crippen LogP contribution in [0.4, 0.5) is 0 Å². The lowest BCUT2D eigenvalue weighted by Crippen LogP contribution is -2.21. The Labute approximate surface area is 121 Å². The first-order chi connectivity index (χ1) is 9.29. The minimum Gasteiger partial charge on any atom is -0.299 e. The molecule has 0 fully saturated rings. The number of hydrogen-bond donors (Lipinski definition) is 0. The summed E-state index contributed by atoms with van der Waals surface area (Å²) >= 11 is 0. The van der Waals surface area contributed by atoms with Crippen LogP contribution < -0.4 is 5.56 Å². The molecule has 1 aromatic heterocycles. The van der Waals surface area contributed by atoms with Crippen LogP contribution in [-0.4, -0.2) is 18.0 Å². The SMILES string of the molecule is CC(C)CCn1cnc2ccc(S(=O)(=O)Cl)cc2c1=O. The summed E-state index contributed by atoms with van der Waals surface area (Å²) in [7, 11) is 1.44. The standard InChI is InChI=1S/C13H15ClN2O3S/c1-9(2)5-6-16-8-15-12-4-3-10(20(14,18)19)7-11(12)13(16)17/h3-4,7-9H,5-6H2,1-2H3. The van der Waals surface area contributed by atoms with Crippen molar-refractivity contribution in [3.8, 4) is 0 Å². The molecule has 0 saturated carbocycles. The number of aryl methyl sites for hydroxylation is 1. The summed E-state index contributed by atoms with van der Waals surface area (Å²) in [4.78, 5) is 16.4. The molecule has 5 nitrogen and oxygen atoms in total. The van der Waals surface area contributed by atoms with E-state index in [1.54, 1.807) is 0 Å². The van der Waals surface area contributed by atoms with Gasteiger partial charge < -0.3 is 0 Å². The van der Waals surface area contributed by atoms with E-state index in [0.29, 0.717) is 18.0 Å². The number of halogens is 1. The van der Waals surface area contributed by atoms with Crippen LogP contribution in [0.3, 0.4) is 0 Å². The molecule has 0 aliphatic carbocycles. The zero-order valence-electron chi connectivity index (χ0n) is 11.2. The largest absolute Gasteiger partial charge is 0.299 e. The highest BCUT2D eigenvalue weighted by molar-refractivity contribution is 8.13. The van der Waals surface area contributed by atoms with Gasteiger partial charge in [0.2, 0.25) is 0 Å². The average molecular weight is 315 g/mol. The van der Waals surface area contributed by atoms with Gasteiger partial charge in [-0.15, -0.1) is 0 Å². The Morgan fingerprint density at radius 1 is 1.35 bits per heavy atom. The van der Waals surface area contributed by atoms with Gasteiger partial charge in [-0.05, 0) is 30.5 Å². The van der Waals surface area contributed by atoms with Crippen molar-refractivity contribution in [2.24, 2.45) is 5.92 Å². The fourth-order valence-corrected chi connectivity index (χ4v) is 2.62. The molecule has 0 saturated heterocycles. The minimum absolute atomic E-state index is 0.0906. The molecular formula is C13H15ClN2O3S. The van der Waals surface area contributed by atoms with Gasteiger partial charge >= 0.3 is 0 Å². The van der Waals surface area contributed by atoms with E-state index in [1.807, 2.05) is 0 Å². The maximum Gasteiger partial charge on any atom is 0.261 e. The van der Waals surface area contributed by atoms with Crippen molar-refractivity contribution in [3.05, 3.63) is 34.9 Å². The van der Waals surface area contributed by atoms with Gasteiger partial charge in [0.15, 0.2) is 0 Å². The van der Waals surface area contributed by atoms with E-state index in [1.165, 1.54) is 29.1 Å². The Morgan fingerprint density at radius 2 is 2.05 bits per heavy atom. The van der Waals surface area contributed by atoms with Gasteiger partial charge in [0, 0.05) is 17.2 Å². The molecule has 0 N–H and O–H groups in total. The van der Waals surface area contributed by atoms with Gasteiger partial charge in [-0.1, -0.05) is 13.8 Å². The van der Waals surface area contributed by atoms with Crippen molar-refractivity contribution in [1.82, 2.24) is 9.55 Å². The third-order valence-corrected chi connectivity index (χ3v) is 4.38. The summed E-state index contributed by atoms with van der Waals surface area (Å²) in [5.41, 5.74) is 0.206. The molecule has 0 radical (unpaired) electrons. The molecule has 0 bridgehead atoms. The van der Waals surface area contributed by atoms with Crippen molar-refractivity contribution < 1.29 is 8.42 Å². The number of benzene rings is 1. The summed E-state index contributed by atoms with van der Waals surface area (Å²) in [5, 5.41) is 0.262. The third-order valence-electron chi connectivity index (χ3n) is 3.02. The second-order valence-electron chi connectivity index (χ2n) is 5.04. The maximum atomic E-state index is 12.3. The van der Waals surface area contributed by atoms with Crippen molar-refractivity contribution in [1.29, 1.82) is 0 Å². The van der Waals surface area contributed by atoms with Gasteiger partial charge in [0.1, 0.15) is 0 Å². The lowest BCUT2D eigenvalue weighted by molar-refractivity contribution is 0.506. The minimum atomic E-state index is -3.85. The summed E-state index contributed by atoms with van der Waals surface area (Å²) in [6.07, 6.45) is 2.34. The van der Waals surface area contributed by atoms with Crippen LogP contribution in [0.15, 0.2) is 34.2 Å².